The number of nitrogens with one attached hydrogen (secondary N) is 3. The SMILES string of the molecule is CCNC(=O)c1ccc(NCC(=O)NC)c(N)c1. The fourth-order valence-corrected chi connectivity index (χ4v) is 1.39. The zero-order valence-corrected chi connectivity index (χ0v) is 10.5. The van der Waals surface area contributed by atoms with Gasteiger partial charge in [-0.1, -0.05) is 0 Å². The van der Waals surface area contributed by atoms with Gasteiger partial charge in [-0.3, -0.25) is 9.59 Å². The molecule has 0 unspecified atom stereocenters. The van der Waals surface area contributed by atoms with Crippen LogP contribution in [-0.4, -0.2) is 32.0 Å². The van der Waals surface area contributed by atoms with E-state index in [1.54, 1.807) is 25.2 Å². The van der Waals surface area contributed by atoms with Crippen LogP contribution in [0.3, 0.4) is 0 Å². The maximum absolute atomic E-state index is 11.6. The van der Waals surface area contributed by atoms with Crippen molar-refractivity contribution >= 4 is 23.2 Å². The van der Waals surface area contributed by atoms with Gasteiger partial charge in [-0.15, -0.1) is 0 Å². The molecule has 98 valence electrons. The highest BCUT2D eigenvalue weighted by molar-refractivity contribution is 5.96. The van der Waals surface area contributed by atoms with E-state index >= 15 is 0 Å². The van der Waals surface area contributed by atoms with Gasteiger partial charge < -0.3 is 21.7 Å². The quantitative estimate of drug-likeness (QED) is 0.560. The summed E-state index contributed by atoms with van der Waals surface area (Å²) in [6.45, 7) is 2.55. The van der Waals surface area contributed by atoms with Crippen molar-refractivity contribution in [3.63, 3.8) is 0 Å². The number of rotatable bonds is 5. The van der Waals surface area contributed by atoms with Gasteiger partial charge in [-0.25, -0.2) is 0 Å². The van der Waals surface area contributed by atoms with E-state index in [2.05, 4.69) is 16.0 Å². The molecule has 0 atom stereocenters. The lowest BCUT2D eigenvalue weighted by molar-refractivity contribution is -0.118. The van der Waals surface area contributed by atoms with E-state index in [0.29, 0.717) is 23.5 Å². The third-order valence-corrected chi connectivity index (χ3v) is 2.37. The number of amides is 2. The second-order valence-corrected chi connectivity index (χ2v) is 3.69. The second-order valence-electron chi connectivity index (χ2n) is 3.69. The first-order valence-corrected chi connectivity index (χ1v) is 5.70. The van der Waals surface area contributed by atoms with Gasteiger partial charge in [-0.2, -0.15) is 0 Å². The molecule has 0 aliphatic heterocycles. The molecule has 0 saturated heterocycles. The smallest absolute Gasteiger partial charge is 0.251 e. The molecule has 5 N–H and O–H groups in total. The predicted octanol–water partition coefficient (Wildman–Crippen LogP) is 0.176. The monoisotopic (exact) mass is 250 g/mol. The minimum absolute atomic E-state index is 0.137. The summed E-state index contributed by atoms with van der Waals surface area (Å²) in [6, 6.07) is 4.92. The summed E-state index contributed by atoms with van der Waals surface area (Å²) in [5.41, 5.74) is 7.37. The first-order chi connectivity index (χ1) is 8.58. The molecular weight excluding hydrogens is 232 g/mol. The molecule has 0 radical (unpaired) electrons. The number of benzene rings is 1. The lowest BCUT2D eigenvalue weighted by atomic mass is 10.1. The van der Waals surface area contributed by atoms with E-state index in [0.717, 1.165) is 0 Å². The zero-order valence-electron chi connectivity index (χ0n) is 10.5. The highest BCUT2D eigenvalue weighted by atomic mass is 16.2. The average molecular weight is 250 g/mol. The molecule has 0 spiro atoms. The van der Waals surface area contributed by atoms with E-state index in [1.165, 1.54) is 0 Å². The average Bonchev–Trinajstić information content (AvgIpc) is 2.37. The van der Waals surface area contributed by atoms with E-state index in [1.807, 2.05) is 6.92 Å². The number of carbonyl (C=O) groups excluding carboxylic acids is 2. The first kappa shape index (κ1) is 13.8. The largest absolute Gasteiger partial charge is 0.397 e. The number of likely N-dealkylation sites (N-methyl/N-ethyl adjacent to an activating group) is 1. The fourth-order valence-electron chi connectivity index (χ4n) is 1.39. The highest BCUT2D eigenvalue weighted by Crippen LogP contribution is 2.19. The Morgan fingerprint density at radius 3 is 2.61 bits per heavy atom. The van der Waals surface area contributed by atoms with E-state index in [9.17, 15) is 9.59 Å². The van der Waals surface area contributed by atoms with Crippen LogP contribution in [-0.2, 0) is 4.79 Å². The van der Waals surface area contributed by atoms with Gasteiger partial charge in [0.1, 0.15) is 0 Å². The first-order valence-electron chi connectivity index (χ1n) is 5.70. The number of hydrogen-bond donors (Lipinski definition) is 4. The van der Waals surface area contributed by atoms with E-state index in [4.69, 9.17) is 5.73 Å². The Morgan fingerprint density at radius 1 is 1.33 bits per heavy atom. The molecule has 0 fully saturated rings. The summed E-state index contributed by atoms with van der Waals surface area (Å²) >= 11 is 0. The number of nitrogens with two attached hydrogens (primary N) is 1. The Morgan fingerprint density at radius 2 is 2.06 bits per heavy atom. The minimum Gasteiger partial charge on any atom is -0.397 e. The molecule has 0 aliphatic carbocycles. The third-order valence-electron chi connectivity index (χ3n) is 2.37. The molecule has 0 aliphatic rings. The summed E-state index contributed by atoms with van der Waals surface area (Å²) in [5, 5.41) is 8.08. The van der Waals surface area contributed by atoms with Crippen LogP contribution < -0.4 is 21.7 Å². The predicted molar refractivity (Wildman–Crippen MR) is 71.4 cm³/mol. The molecule has 2 amide bonds. The van der Waals surface area contributed by atoms with Gasteiger partial charge >= 0.3 is 0 Å². The van der Waals surface area contributed by atoms with Gasteiger partial charge in [0.25, 0.3) is 5.91 Å². The van der Waals surface area contributed by atoms with Crippen LogP contribution in [0.25, 0.3) is 0 Å². The van der Waals surface area contributed by atoms with Crippen LogP contribution in [0.1, 0.15) is 17.3 Å². The van der Waals surface area contributed by atoms with Crippen molar-refractivity contribution in [2.75, 3.05) is 31.2 Å². The standard InChI is InChI=1S/C12H18N4O2/c1-3-15-12(18)8-4-5-10(9(13)6-8)16-7-11(17)14-2/h4-6,16H,3,7,13H2,1-2H3,(H,14,17)(H,15,18). The van der Waals surface area contributed by atoms with Gasteiger partial charge in [0.15, 0.2) is 0 Å². The molecule has 0 bridgehead atoms. The Bertz CT molecular complexity index is 446. The molecule has 1 rings (SSSR count). The minimum atomic E-state index is -0.165. The van der Waals surface area contributed by atoms with Crippen molar-refractivity contribution in [1.82, 2.24) is 10.6 Å². The summed E-state index contributed by atoms with van der Waals surface area (Å²) < 4.78 is 0. The molecule has 1 aromatic rings. The third kappa shape index (κ3) is 3.65. The van der Waals surface area contributed by atoms with Crippen LogP contribution >= 0.6 is 0 Å². The molecule has 0 aromatic heterocycles. The van der Waals surface area contributed by atoms with Crippen LogP contribution in [0.15, 0.2) is 18.2 Å². The molecule has 0 saturated carbocycles. The lowest BCUT2D eigenvalue weighted by Crippen LogP contribution is -2.26. The van der Waals surface area contributed by atoms with Crippen LogP contribution in [0.2, 0.25) is 0 Å². The number of anilines is 2. The summed E-state index contributed by atoms with van der Waals surface area (Å²) in [5.74, 6) is -0.302. The van der Waals surface area contributed by atoms with Crippen molar-refractivity contribution < 1.29 is 9.59 Å². The Balaban J connectivity index is 2.73. The Hall–Kier alpha value is -2.24. The molecule has 18 heavy (non-hydrogen) atoms. The Labute approximate surface area is 106 Å². The molecule has 0 heterocycles. The maximum Gasteiger partial charge on any atom is 0.251 e. The number of nitrogen functional groups attached to an aromatic ring is 1. The highest BCUT2D eigenvalue weighted by Gasteiger charge is 2.07. The lowest BCUT2D eigenvalue weighted by Gasteiger charge is -2.10. The van der Waals surface area contributed by atoms with Crippen molar-refractivity contribution in [3.05, 3.63) is 23.8 Å². The summed E-state index contributed by atoms with van der Waals surface area (Å²) in [4.78, 5) is 22.6. The van der Waals surface area contributed by atoms with E-state index in [-0.39, 0.29) is 18.4 Å². The van der Waals surface area contributed by atoms with Crippen molar-refractivity contribution in [1.29, 1.82) is 0 Å². The van der Waals surface area contributed by atoms with Crippen molar-refractivity contribution in [2.45, 2.75) is 6.92 Å². The molecule has 6 heteroatoms. The van der Waals surface area contributed by atoms with Gasteiger partial charge in [-0.05, 0) is 25.1 Å². The van der Waals surface area contributed by atoms with E-state index < -0.39 is 0 Å². The normalized spacial score (nSPS) is 9.67. The number of hydrogen-bond acceptors (Lipinski definition) is 4. The van der Waals surface area contributed by atoms with Crippen LogP contribution in [0.4, 0.5) is 11.4 Å². The second kappa shape index (κ2) is 6.48. The van der Waals surface area contributed by atoms with Crippen LogP contribution in [0, 0.1) is 0 Å². The summed E-state index contributed by atoms with van der Waals surface area (Å²) in [7, 11) is 1.56. The van der Waals surface area contributed by atoms with Gasteiger partial charge in [0, 0.05) is 19.2 Å². The maximum atomic E-state index is 11.6. The van der Waals surface area contributed by atoms with Gasteiger partial charge in [0.2, 0.25) is 5.91 Å². The van der Waals surface area contributed by atoms with Crippen molar-refractivity contribution in [3.8, 4) is 0 Å². The number of carbonyl (C=O) groups is 2. The van der Waals surface area contributed by atoms with Gasteiger partial charge in [0.05, 0.1) is 17.9 Å². The molecule has 1 aromatic carbocycles. The zero-order chi connectivity index (χ0) is 13.5. The molecule has 6 nitrogen and oxygen atoms in total. The summed E-state index contributed by atoms with van der Waals surface area (Å²) in [6.07, 6.45) is 0. The Kier molecular flexibility index (Phi) is 4.98. The topological polar surface area (TPSA) is 96.2 Å². The van der Waals surface area contributed by atoms with Crippen molar-refractivity contribution in [2.24, 2.45) is 0 Å². The van der Waals surface area contributed by atoms with Crippen LogP contribution in [0.5, 0.6) is 0 Å². The fraction of sp³-hybridized carbons (Fsp3) is 0.333. The molecular formula is C12H18N4O2.